The van der Waals surface area contributed by atoms with E-state index in [1.807, 2.05) is 5.43 Å². The standard InChI is InChI=1S/C4H9N3O3/c5-6-4(8)2-1-3-7(9)10/h1-3,5H2,(H,6,8). The van der Waals surface area contributed by atoms with Gasteiger partial charge in [0.1, 0.15) is 0 Å². The lowest BCUT2D eigenvalue weighted by Gasteiger charge is -1.94. The highest BCUT2D eigenvalue weighted by Crippen LogP contribution is 1.87. The van der Waals surface area contributed by atoms with Crippen LogP contribution in [-0.4, -0.2) is 17.4 Å². The molecular formula is C4H9N3O3. The highest BCUT2D eigenvalue weighted by atomic mass is 16.6. The fourth-order valence-corrected chi connectivity index (χ4v) is 0.441. The third-order valence-corrected chi connectivity index (χ3v) is 0.906. The van der Waals surface area contributed by atoms with Crippen LogP contribution >= 0.6 is 0 Å². The van der Waals surface area contributed by atoms with Gasteiger partial charge in [-0.1, -0.05) is 0 Å². The highest BCUT2D eigenvalue weighted by Gasteiger charge is 2.01. The summed E-state index contributed by atoms with van der Waals surface area (Å²) in [5, 5.41) is 9.71. The Morgan fingerprint density at radius 2 is 2.30 bits per heavy atom. The number of hydrogen-bond acceptors (Lipinski definition) is 4. The lowest BCUT2D eigenvalue weighted by molar-refractivity contribution is -0.480. The summed E-state index contributed by atoms with van der Waals surface area (Å²) in [6.45, 7) is -0.187. The van der Waals surface area contributed by atoms with Gasteiger partial charge in [0.2, 0.25) is 12.5 Å². The quantitative estimate of drug-likeness (QED) is 0.231. The number of carbonyl (C=O) groups is 1. The van der Waals surface area contributed by atoms with E-state index in [9.17, 15) is 14.9 Å². The minimum Gasteiger partial charge on any atom is -0.294 e. The van der Waals surface area contributed by atoms with Crippen molar-refractivity contribution in [3.63, 3.8) is 0 Å². The number of nitro groups is 1. The zero-order valence-electron chi connectivity index (χ0n) is 5.37. The van der Waals surface area contributed by atoms with Gasteiger partial charge in [0, 0.05) is 17.8 Å². The van der Waals surface area contributed by atoms with Gasteiger partial charge in [-0.2, -0.15) is 0 Å². The van der Waals surface area contributed by atoms with Crippen LogP contribution in [0.4, 0.5) is 0 Å². The molecule has 58 valence electrons. The Hall–Kier alpha value is -1.17. The predicted octanol–water partition coefficient (Wildman–Crippen LogP) is -0.967. The average Bonchev–Trinajstić information content (AvgIpc) is 1.87. The van der Waals surface area contributed by atoms with Gasteiger partial charge < -0.3 is 0 Å². The maximum Gasteiger partial charge on any atom is 0.234 e. The van der Waals surface area contributed by atoms with Gasteiger partial charge in [-0.05, 0) is 0 Å². The molecule has 6 nitrogen and oxygen atoms in total. The first-order valence-electron chi connectivity index (χ1n) is 2.78. The van der Waals surface area contributed by atoms with Crippen LogP contribution in [-0.2, 0) is 4.79 Å². The number of carbonyl (C=O) groups excluding carboxylic acids is 1. The Kier molecular flexibility index (Phi) is 4.14. The molecule has 0 rings (SSSR count). The number of amides is 1. The molecule has 0 aromatic heterocycles. The first kappa shape index (κ1) is 8.83. The van der Waals surface area contributed by atoms with Crippen LogP contribution in [0.5, 0.6) is 0 Å². The summed E-state index contributed by atoms with van der Waals surface area (Å²) in [6.07, 6.45) is 0.341. The molecule has 0 aromatic carbocycles. The molecule has 0 saturated heterocycles. The Morgan fingerprint density at radius 1 is 1.70 bits per heavy atom. The van der Waals surface area contributed by atoms with Gasteiger partial charge in [-0.3, -0.25) is 20.3 Å². The van der Waals surface area contributed by atoms with Crippen LogP contribution in [0.25, 0.3) is 0 Å². The summed E-state index contributed by atoms with van der Waals surface area (Å²) >= 11 is 0. The molecule has 0 bridgehead atoms. The molecular weight excluding hydrogens is 138 g/mol. The molecule has 0 radical (unpaired) electrons. The van der Waals surface area contributed by atoms with Crippen molar-refractivity contribution in [2.24, 2.45) is 5.84 Å². The van der Waals surface area contributed by atoms with Crippen molar-refractivity contribution in [2.45, 2.75) is 12.8 Å². The summed E-state index contributed by atoms with van der Waals surface area (Å²) in [4.78, 5) is 19.6. The lowest BCUT2D eigenvalue weighted by atomic mass is 10.3. The van der Waals surface area contributed by atoms with E-state index in [2.05, 4.69) is 0 Å². The molecule has 0 fully saturated rings. The average molecular weight is 147 g/mol. The molecule has 1 amide bonds. The molecule has 0 aliphatic rings. The highest BCUT2D eigenvalue weighted by molar-refractivity contribution is 5.75. The second kappa shape index (κ2) is 4.68. The third-order valence-electron chi connectivity index (χ3n) is 0.906. The van der Waals surface area contributed by atoms with E-state index in [-0.39, 0.29) is 25.3 Å². The Balaban J connectivity index is 3.20. The number of hydrazine groups is 1. The van der Waals surface area contributed by atoms with Gasteiger partial charge in [0.15, 0.2) is 0 Å². The van der Waals surface area contributed by atoms with E-state index < -0.39 is 4.92 Å². The Bertz CT molecular complexity index is 136. The topological polar surface area (TPSA) is 98.3 Å². The summed E-state index contributed by atoms with van der Waals surface area (Å²) in [6, 6.07) is 0. The van der Waals surface area contributed by atoms with Crippen molar-refractivity contribution in [3.05, 3.63) is 10.1 Å². The first-order chi connectivity index (χ1) is 4.66. The molecule has 0 aromatic rings. The monoisotopic (exact) mass is 147 g/mol. The van der Waals surface area contributed by atoms with E-state index in [1.165, 1.54) is 0 Å². The number of nitrogens with zero attached hydrogens (tertiary/aromatic N) is 1. The second-order valence-corrected chi connectivity index (χ2v) is 1.73. The van der Waals surface area contributed by atoms with E-state index >= 15 is 0 Å². The number of nitrogens with one attached hydrogen (secondary N) is 1. The zero-order chi connectivity index (χ0) is 7.98. The molecule has 0 aliphatic carbocycles. The molecule has 0 saturated carbocycles. The summed E-state index contributed by atoms with van der Waals surface area (Å²) in [5.41, 5.74) is 1.88. The van der Waals surface area contributed by atoms with Gasteiger partial charge in [0.05, 0.1) is 0 Å². The minimum absolute atomic E-state index is 0.109. The first-order valence-corrected chi connectivity index (χ1v) is 2.78. The van der Waals surface area contributed by atoms with Gasteiger partial charge in [-0.15, -0.1) is 0 Å². The predicted molar refractivity (Wildman–Crippen MR) is 33.4 cm³/mol. The molecule has 6 heteroatoms. The van der Waals surface area contributed by atoms with Crippen LogP contribution in [0.3, 0.4) is 0 Å². The number of hydrogen-bond donors (Lipinski definition) is 2. The molecule has 10 heavy (non-hydrogen) atoms. The maximum atomic E-state index is 10.3. The van der Waals surface area contributed by atoms with E-state index in [0.717, 1.165) is 0 Å². The van der Waals surface area contributed by atoms with E-state index in [0.29, 0.717) is 0 Å². The van der Waals surface area contributed by atoms with Gasteiger partial charge in [0.25, 0.3) is 0 Å². The summed E-state index contributed by atoms with van der Waals surface area (Å²) < 4.78 is 0. The van der Waals surface area contributed by atoms with Crippen molar-refractivity contribution in [3.8, 4) is 0 Å². The molecule has 0 unspecified atom stereocenters. The number of nitrogens with two attached hydrogens (primary N) is 1. The van der Waals surface area contributed by atoms with Crippen molar-refractivity contribution in [2.75, 3.05) is 6.54 Å². The third kappa shape index (κ3) is 4.98. The summed E-state index contributed by atoms with van der Waals surface area (Å²) in [5.74, 6) is 4.35. The number of rotatable bonds is 4. The van der Waals surface area contributed by atoms with Gasteiger partial charge in [-0.25, -0.2) is 5.84 Å². The smallest absolute Gasteiger partial charge is 0.234 e. The molecule has 0 atom stereocenters. The van der Waals surface area contributed by atoms with Crippen LogP contribution in [0, 0.1) is 10.1 Å². The lowest BCUT2D eigenvalue weighted by Crippen LogP contribution is -2.30. The largest absolute Gasteiger partial charge is 0.294 e. The van der Waals surface area contributed by atoms with Crippen LogP contribution in [0.2, 0.25) is 0 Å². The van der Waals surface area contributed by atoms with Crippen molar-refractivity contribution in [1.29, 1.82) is 0 Å². The minimum atomic E-state index is -0.468. The maximum absolute atomic E-state index is 10.3. The van der Waals surface area contributed by atoms with Crippen molar-refractivity contribution in [1.82, 2.24) is 5.43 Å². The fourth-order valence-electron chi connectivity index (χ4n) is 0.441. The van der Waals surface area contributed by atoms with E-state index in [1.54, 1.807) is 0 Å². The normalized spacial score (nSPS) is 8.90. The SMILES string of the molecule is NNC(=O)CCC[N+](=O)[O-]. The molecule has 0 heterocycles. The molecule has 0 spiro atoms. The summed E-state index contributed by atoms with van der Waals surface area (Å²) in [7, 11) is 0. The second-order valence-electron chi connectivity index (χ2n) is 1.73. The van der Waals surface area contributed by atoms with E-state index in [4.69, 9.17) is 5.84 Å². The van der Waals surface area contributed by atoms with Crippen molar-refractivity contribution >= 4 is 5.91 Å². The van der Waals surface area contributed by atoms with Crippen LogP contribution in [0.15, 0.2) is 0 Å². The van der Waals surface area contributed by atoms with Gasteiger partial charge >= 0.3 is 0 Å². The van der Waals surface area contributed by atoms with Crippen LogP contribution < -0.4 is 11.3 Å². The zero-order valence-corrected chi connectivity index (χ0v) is 5.37. The molecule has 3 N–H and O–H groups in total. The molecule has 0 aliphatic heterocycles. The van der Waals surface area contributed by atoms with Crippen LogP contribution in [0.1, 0.15) is 12.8 Å². The Morgan fingerprint density at radius 3 is 2.70 bits per heavy atom. The Labute approximate surface area is 57.5 Å². The fraction of sp³-hybridized carbons (Fsp3) is 0.750. The van der Waals surface area contributed by atoms with Crippen molar-refractivity contribution < 1.29 is 9.72 Å².